The molecule has 0 aromatic rings. The van der Waals surface area contributed by atoms with Crippen molar-refractivity contribution in [3.8, 4) is 0 Å². The highest BCUT2D eigenvalue weighted by Crippen LogP contribution is 2.34. The van der Waals surface area contributed by atoms with Crippen LogP contribution >= 0.6 is 0 Å². The molecule has 1 atom stereocenters. The Hall–Kier alpha value is -0.570. The maximum absolute atomic E-state index is 11.4. The summed E-state index contributed by atoms with van der Waals surface area (Å²) in [5.41, 5.74) is 5.77. The molecule has 0 aliphatic heterocycles. The number of carbonyl (C=O) groups excluding carboxylic acids is 1. The topological polar surface area (TPSA) is 52.3 Å². The number of nitrogens with two attached hydrogens (primary N) is 1. The minimum atomic E-state index is -0.0865. The van der Waals surface area contributed by atoms with E-state index >= 15 is 0 Å². The highest BCUT2D eigenvalue weighted by Gasteiger charge is 2.27. The standard InChI is InChI=1S/C13H25NO2/c1-3-16-13(15)8-12(9-14)11-6-4-10(2)5-7-11/h10-12H,3-9,14H2,1-2H3. The lowest BCUT2D eigenvalue weighted by molar-refractivity contribution is -0.144. The second-order valence-corrected chi connectivity index (χ2v) is 5.02. The highest BCUT2D eigenvalue weighted by molar-refractivity contribution is 5.69. The molecule has 1 aliphatic carbocycles. The number of carbonyl (C=O) groups is 1. The molecule has 0 bridgehead atoms. The summed E-state index contributed by atoms with van der Waals surface area (Å²) < 4.78 is 4.99. The summed E-state index contributed by atoms with van der Waals surface area (Å²) in [7, 11) is 0. The Balaban J connectivity index is 2.38. The van der Waals surface area contributed by atoms with Crippen LogP contribution in [-0.2, 0) is 9.53 Å². The maximum Gasteiger partial charge on any atom is 0.306 e. The molecule has 3 nitrogen and oxygen atoms in total. The van der Waals surface area contributed by atoms with Gasteiger partial charge in [-0.15, -0.1) is 0 Å². The van der Waals surface area contributed by atoms with E-state index in [4.69, 9.17) is 10.5 Å². The predicted octanol–water partition coefficient (Wildman–Crippen LogP) is 2.34. The van der Waals surface area contributed by atoms with E-state index in [1.54, 1.807) is 0 Å². The Kier molecular flexibility index (Phi) is 5.81. The Morgan fingerprint density at radius 1 is 1.38 bits per heavy atom. The zero-order valence-electron chi connectivity index (χ0n) is 10.6. The molecular formula is C13H25NO2. The van der Waals surface area contributed by atoms with Crippen LogP contribution in [0.1, 0.15) is 46.0 Å². The van der Waals surface area contributed by atoms with E-state index in [2.05, 4.69) is 6.92 Å². The normalized spacial score (nSPS) is 27.4. The average Bonchev–Trinajstić information content (AvgIpc) is 2.27. The number of hydrogen-bond acceptors (Lipinski definition) is 3. The van der Waals surface area contributed by atoms with Crippen LogP contribution in [0.25, 0.3) is 0 Å². The third-order valence-electron chi connectivity index (χ3n) is 3.76. The van der Waals surface area contributed by atoms with E-state index < -0.39 is 0 Å². The molecule has 0 aromatic heterocycles. The molecule has 3 heteroatoms. The van der Waals surface area contributed by atoms with Crippen LogP contribution in [0.4, 0.5) is 0 Å². The van der Waals surface area contributed by atoms with Gasteiger partial charge in [-0.1, -0.05) is 19.8 Å². The largest absolute Gasteiger partial charge is 0.466 e. The molecule has 2 N–H and O–H groups in total. The first kappa shape index (κ1) is 13.5. The Labute approximate surface area is 98.7 Å². The van der Waals surface area contributed by atoms with Crippen LogP contribution in [-0.4, -0.2) is 19.1 Å². The fourth-order valence-corrected chi connectivity index (χ4v) is 2.63. The Bertz CT molecular complexity index is 210. The Morgan fingerprint density at radius 3 is 2.50 bits per heavy atom. The average molecular weight is 227 g/mol. The van der Waals surface area contributed by atoms with Crippen molar-refractivity contribution in [1.29, 1.82) is 0 Å². The maximum atomic E-state index is 11.4. The van der Waals surface area contributed by atoms with Gasteiger partial charge in [0, 0.05) is 6.42 Å². The van der Waals surface area contributed by atoms with Gasteiger partial charge in [0.15, 0.2) is 0 Å². The second kappa shape index (κ2) is 6.89. The first-order chi connectivity index (χ1) is 7.67. The highest BCUT2D eigenvalue weighted by atomic mass is 16.5. The fraction of sp³-hybridized carbons (Fsp3) is 0.923. The van der Waals surface area contributed by atoms with Crippen molar-refractivity contribution < 1.29 is 9.53 Å². The van der Waals surface area contributed by atoms with Crippen molar-refractivity contribution in [2.45, 2.75) is 46.0 Å². The Morgan fingerprint density at radius 2 is 2.00 bits per heavy atom. The van der Waals surface area contributed by atoms with Gasteiger partial charge in [-0.2, -0.15) is 0 Å². The summed E-state index contributed by atoms with van der Waals surface area (Å²) in [6.07, 6.45) is 5.52. The second-order valence-electron chi connectivity index (χ2n) is 5.02. The molecular weight excluding hydrogens is 202 g/mol. The molecule has 0 heterocycles. The van der Waals surface area contributed by atoms with Crippen LogP contribution in [0.2, 0.25) is 0 Å². The fourth-order valence-electron chi connectivity index (χ4n) is 2.63. The van der Waals surface area contributed by atoms with Crippen LogP contribution in [0.15, 0.2) is 0 Å². The number of rotatable bonds is 5. The first-order valence-electron chi connectivity index (χ1n) is 6.53. The number of ether oxygens (including phenoxy) is 1. The summed E-state index contributed by atoms with van der Waals surface area (Å²) in [6.45, 7) is 5.23. The van der Waals surface area contributed by atoms with Gasteiger partial charge in [0.05, 0.1) is 6.61 Å². The lowest BCUT2D eigenvalue weighted by atomic mass is 9.75. The molecule has 0 spiro atoms. The van der Waals surface area contributed by atoms with Crippen LogP contribution < -0.4 is 5.73 Å². The summed E-state index contributed by atoms with van der Waals surface area (Å²) >= 11 is 0. The van der Waals surface area contributed by atoms with Crippen LogP contribution in [0.3, 0.4) is 0 Å². The van der Waals surface area contributed by atoms with Crippen LogP contribution in [0.5, 0.6) is 0 Å². The quantitative estimate of drug-likeness (QED) is 0.733. The lowest BCUT2D eigenvalue weighted by Gasteiger charge is -2.31. The van der Waals surface area contributed by atoms with Gasteiger partial charge in [-0.05, 0) is 44.1 Å². The van der Waals surface area contributed by atoms with Gasteiger partial charge in [0.25, 0.3) is 0 Å². The third-order valence-corrected chi connectivity index (χ3v) is 3.76. The molecule has 1 unspecified atom stereocenters. The molecule has 94 valence electrons. The van der Waals surface area contributed by atoms with Crippen molar-refractivity contribution in [2.75, 3.05) is 13.2 Å². The number of esters is 1. The lowest BCUT2D eigenvalue weighted by Crippen LogP contribution is -2.29. The summed E-state index contributed by atoms with van der Waals surface area (Å²) in [5.74, 6) is 1.71. The van der Waals surface area contributed by atoms with E-state index in [9.17, 15) is 4.79 Å². The van der Waals surface area contributed by atoms with Gasteiger partial charge >= 0.3 is 5.97 Å². The van der Waals surface area contributed by atoms with Gasteiger partial charge < -0.3 is 10.5 Å². The van der Waals surface area contributed by atoms with Gasteiger partial charge in [-0.3, -0.25) is 4.79 Å². The molecule has 1 fully saturated rings. The monoisotopic (exact) mass is 227 g/mol. The van der Waals surface area contributed by atoms with Crippen molar-refractivity contribution in [3.05, 3.63) is 0 Å². The minimum Gasteiger partial charge on any atom is -0.466 e. The smallest absolute Gasteiger partial charge is 0.306 e. The van der Waals surface area contributed by atoms with E-state index in [0.29, 0.717) is 31.4 Å². The van der Waals surface area contributed by atoms with E-state index in [1.807, 2.05) is 6.92 Å². The van der Waals surface area contributed by atoms with Crippen molar-refractivity contribution in [2.24, 2.45) is 23.5 Å². The van der Waals surface area contributed by atoms with Crippen molar-refractivity contribution in [3.63, 3.8) is 0 Å². The molecule has 1 saturated carbocycles. The summed E-state index contributed by atoms with van der Waals surface area (Å²) in [6, 6.07) is 0. The molecule has 0 amide bonds. The molecule has 0 radical (unpaired) electrons. The molecule has 0 aromatic carbocycles. The summed E-state index contributed by atoms with van der Waals surface area (Å²) in [4.78, 5) is 11.4. The molecule has 1 rings (SSSR count). The van der Waals surface area contributed by atoms with Crippen molar-refractivity contribution in [1.82, 2.24) is 0 Å². The van der Waals surface area contributed by atoms with Gasteiger partial charge in [-0.25, -0.2) is 0 Å². The van der Waals surface area contributed by atoms with Crippen molar-refractivity contribution >= 4 is 5.97 Å². The zero-order chi connectivity index (χ0) is 12.0. The van der Waals surface area contributed by atoms with Gasteiger partial charge in [0.2, 0.25) is 0 Å². The predicted molar refractivity (Wildman–Crippen MR) is 64.9 cm³/mol. The zero-order valence-corrected chi connectivity index (χ0v) is 10.6. The molecule has 0 saturated heterocycles. The third kappa shape index (κ3) is 4.12. The molecule has 16 heavy (non-hydrogen) atoms. The van der Waals surface area contributed by atoms with E-state index in [0.717, 1.165) is 5.92 Å². The van der Waals surface area contributed by atoms with Crippen LogP contribution in [0, 0.1) is 17.8 Å². The van der Waals surface area contributed by atoms with Gasteiger partial charge in [0.1, 0.15) is 0 Å². The first-order valence-corrected chi connectivity index (χ1v) is 6.53. The number of hydrogen-bond donors (Lipinski definition) is 1. The molecule has 1 aliphatic rings. The minimum absolute atomic E-state index is 0.0865. The van der Waals surface area contributed by atoms with E-state index in [1.165, 1.54) is 25.7 Å². The van der Waals surface area contributed by atoms with E-state index in [-0.39, 0.29) is 5.97 Å². The SMILES string of the molecule is CCOC(=O)CC(CN)C1CCC(C)CC1. The summed E-state index contributed by atoms with van der Waals surface area (Å²) in [5, 5.41) is 0.